The Labute approximate surface area is 201 Å². The van der Waals surface area contributed by atoms with Crippen LogP contribution in [0.5, 0.6) is 0 Å². The number of nitrogens with one attached hydrogen (secondary N) is 1. The fourth-order valence-corrected chi connectivity index (χ4v) is 8.37. The van der Waals surface area contributed by atoms with E-state index in [1.807, 2.05) is 16.5 Å². The number of aromatic nitrogens is 3. The Bertz CT molecular complexity index is 840. The summed E-state index contributed by atoms with van der Waals surface area (Å²) < 4.78 is 2.04. The summed E-state index contributed by atoms with van der Waals surface area (Å²) >= 11 is 0. The number of piperidine rings is 1. The highest BCUT2D eigenvalue weighted by atomic mass is 16.3. The standard InChI is InChI=1S/C25H41N5O4/c1-3-20-22(26-15(2)32)24(34)23(33)21(13-31)30(20)5-4-19-12-29(28-27-19)14-25-9-16-6-17(10-25)8-18(7-16)11-25/h12,16-18,20-24,31,33-34H,3-11,13-14H2,1-2H3,(H,26,32)/t16-,17-,18?,20+,21-,22+,23-,24-,25?/m1/s1. The molecule has 9 nitrogen and oxygen atoms in total. The molecule has 6 rings (SSSR count). The number of hydrogen-bond donors (Lipinski definition) is 4. The van der Waals surface area contributed by atoms with Crippen LogP contribution in [0.3, 0.4) is 0 Å². The molecule has 4 bridgehead atoms. The quantitative estimate of drug-likeness (QED) is 0.437. The van der Waals surface area contributed by atoms with Crippen LogP contribution in [-0.4, -0.2) is 84.6 Å². The van der Waals surface area contributed by atoms with Crippen molar-refractivity contribution in [1.82, 2.24) is 25.2 Å². The minimum atomic E-state index is -1.14. The van der Waals surface area contributed by atoms with Gasteiger partial charge in [0.25, 0.3) is 0 Å². The molecule has 34 heavy (non-hydrogen) atoms. The molecule has 1 aliphatic heterocycles. The lowest BCUT2D eigenvalue weighted by Crippen LogP contribution is -2.71. The molecule has 1 saturated heterocycles. The average molecular weight is 476 g/mol. The molecule has 2 heterocycles. The third-order valence-corrected chi connectivity index (χ3v) is 9.23. The van der Waals surface area contributed by atoms with Crippen LogP contribution in [-0.2, 0) is 17.8 Å². The highest BCUT2D eigenvalue weighted by Gasteiger charge is 2.51. The van der Waals surface area contributed by atoms with Crippen LogP contribution in [0, 0.1) is 23.2 Å². The number of rotatable bonds is 8. The molecule has 0 spiro atoms. The average Bonchev–Trinajstić information content (AvgIpc) is 3.21. The van der Waals surface area contributed by atoms with Gasteiger partial charge in [-0.15, -0.1) is 5.10 Å². The lowest BCUT2D eigenvalue weighted by atomic mass is 9.49. The van der Waals surface area contributed by atoms with Gasteiger partial charge >= 0.3 is 0 Å². The third-order valence-electron chi connectivity index (χ3n) is 9.23. The zero-order valence-electron chi connectivity index (χ0n) is 20.5. The fraction of sp³-hybridized carbons (Fsp3) is 0.880. The van der Waals surface area contributed by atoms with Gasteiger partial charge in [-0.3, -0.25) is 14.4 Å². The van der Waals surface area contributed by atoms with E-state index in [2.05, 4.69) is 21.8 Å². The van der Waals surface area contributed by atoms with Crippen molar-refractivity contribution < 1.29 is 20.1 Å². The summed E-state index contributed by atoms with van der Waals surface area (Å²) in [6, 6.07) is -1.37. The highest BCUT2D eigenvalue weighted by Crippen LogP contribution is 2.60. The van der Waals surface area contributed by atoms with Crippen molar-refractivity contribution in [2.45, 2.75) is 102 Å². The summed E-state index contributed by atoms with van der Waals surface area (Å²) in [4.78, 5) is 13.8. The van der Waals surface area contributed by atoms with Gasteiger partial charge in [0.05, 0.1) is 30.5 Å². The van der Waals surface area contributed by atoms with Crippen LogP contribution >= 0.6 is 0 Å². The van der Waals surface area contributed by atoms with Crippen LogP contribution in [0.2, 0.25) is 0 Å². The number of aliphatic hydroxyl groups is 3. The van der Waals surface area contributed by atoms with E-state index in [0.717, 1.165) is 30.0 Å². The third kappa shape index (κ3) is 4.52. The van der Waals surface area contributed by atoms with Crippen molar-refractivity contribution in [2.75, 3.05) is 13.2 Å². The topological polar surface area (TPSA) is 124 Å². The molecular formula is C25H41N5O4. The van der Waals surface area contributed by atoms with Crippen LogP contribution in [0.4, 0.5) is 0 Å². The van der Waals surface area contributed by atoms with Gasteiger partial charge in [-0.05, 0) is 68.1 Å². The fourth-order valence-electron chi connectivity index (χ4n) is 8.37. The Morgan fingerprint density at radius 3 is 2.32 bits per heavy atom. The zero-order chi connectivity index (χ0) is 24.0. The monoisotopic (exact) mass is 475 g/mol. The number of aliphatic hydroxyl groups excluding tert-OH is 3. The van der Waals surface area contributed by atoms with Gasteiger partial charge in [0.15, 0.2) is 0 Å². The van der Waals surface area contributed by atoms with E-state index in [1.165, 1.54) is 45.4 Å². The van der Waals surface area contributed by atoms with Crippen molar-refractivity contribution in [1.29, 1.82) is 0 Å². The molecule has 5 aliphatic rings. The Hall–Kier alpha value is -1.55. The molecule has 1 aromatic heterocycles. The first-order valence-corrected chi connectivity index (χ1v) is 13.2. The molecule has 9 heteroatoms. The minimum absolute atomic E-state index is 0.193. The van der Waals surface area contributed by atoms with E-state index >= 15 is 0 Å². The summed E-state index contributed by atoms with van der Waals surface area (Å²) in [6.07, 6.45) is 9.41. The number of nitrogens with zero attached hydrogens (tertiary/aromatic N) is 4. The Morgan fingerprint density at radius 1 is 1.12 bits per heavy atom. The molecule has 190 valence electrons. The Kier molecular flexibility index (Phi) is 6.74. The summed E-state index contributed by atoms with van der Waals surface area (Å²) in [5.74, 6) is 2.49. The highest BCUT2D eigenvalue weighted by molar-refractivity contribution is 5.73. The van der Waals surface area contributed by atoms with Gasteiger partial charge in [0.2, 0.25) is 5.91 Å². The van der Waals surface area contributed by atoms with Crippen LogP contribution in [0.25, 0.3) is 0 Å². The molecule has 0 aromatic carbocycles. The second-order valence-corrected chi connectivity index (χ2v) is 11.7. The van der Waals surface area contributed by atoms with Gasteiger partial charge in [0, 0.05) is 38.7 Å². The molecular weight excluding hydrogens is 434 g/mol. The predicted octanol–water partition coefficient (Wildman–Crippen LogP) is 0.719. The molecule has 1 amide bonds. The summed E-state index contributed by atoms with van der Waals surface area (Å²) in [7, 11) is 0. The van der Waals surface area contributed by atoms with Gasteiger partial charge in [0.1, 0.15) is 6.10 Å². The Morgan fingerprint density at radius 2 is 1.76 bits per heavy atom. The number of carbonyl (C=O) groups is 1. The molecule has 0 unspecified atom stereocenters. The van der Waals surface area contributed by atoms with Crippen molar-refractivity contribution in [3.63, 3.8) is 0 Å². The van der Waals surface area contributed by atoms with Crippen LogP contribution in [0.15, 0.2) is 6.20 Å². The second-order valence-electron chi connectivity index (χ2n) is 11.7. The van der Waals surface area contributed by atoms with E-state index in [0.29, 0.717) is 24.8 Å². The maximum absolute atomic E-state index is 11.7. The van der Waals surface area contributed by atoms with Crippen molar-refractivity contribution in [3.05, 3.63) is 11.9 Å². The van der Waals surface area contributed by atoms with Crippen LogP contribution < -0.4 is 5.32 Å². The van der Waals surface area contributed by atoms with Crippen molar-refractivity contribution in [3.8, 4) is 0 Å². The molecule has 4 saturated carbocycles. The largest absolute Gasteiger partial charge is 0.395 e. The smallest absolute Gasteiger partial charge is 0.217 e. The number of carbonyl (C=O) groups excluding carboxylic acids is 1. The molecule has 4 N–H and O–H groups in total. The van der Waals surface area contributed by atoms with Gasteiger partial charge in [-0.1, -0.05) is 12.1 Å². The van der Waals surface area contributed by atoms with Gasteiger partial charge in [-0.25, -0.2) is 0 Å². The first-order valence-electron chi connectivity index (χ1n) is 13.2. The zero-order valence-corrected chi connectivity index (χ0v) is 20.5. The van der Waals surface area contributed by atoms with Crippen molar-refractivity contribution >= 4 is 5.91 Å². The first kappa shape index (κ1) is 24.2. The number of likely N-dealkylation sites (tertiary alicyclic amines) is 1. The maximum Gasteiger partial charge on any atom is 0.217 e. The normalized spacial score (nSPS) is 41.7. The van der Waals surface area contributed by atoms with Crippen molar-refractivity contribution in [2.24, 2.45) is 23.2 Å². The number of hydrogen-bond acceptors (Lipinski definition) is 7. The van der Waals surface area contributed by atoms with Crippen LogP contribution in [0.1, 0.15) is 64.5 Å². The molecule has 4 aliphatic carbocycles. The lowest BCUT2D eigenvalue weighted by Gasteiger charge is -2.56. The Balaban J connectivity index is 1.25. The van der Waals surface area contributed by atoms with E-state index in [4.69, 9.17) is 0 Å². The predicted molar refractivity (Wildman–Crippen MR) is 126 cm³/mol. The molecule has 5 fully saturated rings. The molecule has 1 aromatic rings. The molecule has 5 atom stereocenters. The van der Waals surface area contributed by atoms with E-state index < -0.39 is 24.3 Å². The summed E-state index contributed by atoms with van der Waals surface area (Å²) in [5, 5.41) is 43.0. The second kappa shape index (κ2) is 9.48. The summed E-state index contributed by atoms with van der Waals surface area (Å²) in [6.45, 7) is 4.66. The minimum Gasteiger partial charge on any atom is -0.395 e. The molecule has 0 radical (unpaired) electrons. The first-order chi connectivity index (χ1) is 16.3. The lowest BCUT2D eigenvalue weighted by molar-refractivity contribution is -0.140. The number of amides is 1. The maximum atomic E-state index is 11.7. The van der Waals surface area contributed by atoms with E-state index in [9.17, 15) is 20.1 Å². The van der Waals surface area contributed by atoms with E-state index in [-0.39, 0.29) is 18.6 Å². The summed E-state index contributed by atoms with van der Waals surface area (Å²) in [5.41, 5.74) is 1.29. The van der Waals surface area contributed by atoms with Gasteiger partial charge < -0.3 is 20.6 Å². The van der Waals surface area contributed by atoms with E-state index in [1.54, 1.807) is 0 Å². The van der Waals surface area contributed by atoms with Gasteiger partial charge in [-0.2, -0.15) is 0 Å². The SMILES string of the molecule is CC[C@H]1[C@H](NC(C)=O)[C@@H](O)[C@H](O)[C@@H](CO)N1CCc1cn(CC23CC4C[C@H](C2)C[C@H](C4)C3)nn1.